The number of likely N-dealkylation sites (tertiary alicyclic amines) is 1. The molecule has 1 atom stereocenters. The maximum atomic E-state index is 12.6. The van der Waals surface area contributed by atoms with Gasteiger partial charge in [-0.05, 0) is 24.1 Å². The highest BCUT2D eigenvalue weighted by molar-refractivity contribution is 7.13. The van der Waals surface area contributed by atoms with E-state index in [1.807, 2.05) is 36.7 Å². The van der Waals surface area contributed by atoms with Gasteiger partial charge < -0.3 is 15.0 Å². The molecule has 0 unspecified atom stereocenters. The highest BCUT2D eigenvalue weighted by Crippen LogP contribution is 2.38. The largest absolute Gasteiger partial charge is 0.375 e. The number of nitrogens with zero attached hydrogens (tertiary/aromatic N) is 4. The smallest absolute Gasteiger partial charge is 0.259 e. The first-order valence-electron chi connectivity index (χ1n) is 9.31. The number of benzene rings is 1. The standard InChI is InChI=1S/C21H19N5O2S/c1-12-3-4-13(9-15(12)21(28)5-8-26(2)20(21)27)16-11-29-19(25-16)14-10-24-18-17(14)22-6-7-23-18/h3-4,6-7,9-11,28H,5,8H2,1-2H3,(H,23,24)/t21-/m1/s1. The Hall–Kier alpha value is -3.10. The van der Waals surface area contributed by atoms with Crippen LogP contribution in [0.4, 0.5) is 0 Å². The SMILES string of the molecule is Cc1ccc(-c2csc(-c3c[nH]c4nccnc34)n2)cc1[C@]1(O)CCN(C)C1=O. The molecule has 0 radical (unpaired) electrons. The molecule has 1 aromatic carbocycles. The van der Waals surface area contributed by atoms with Crippen molar-refractivity contribution in [3.8, 4) is 21.8 Å². The van der Waals surface area contributed by atoms with Crippen LogP contribution in [0.3, 0.4) is 0 Å². The van der Waals surface area contributed by atoms with E-state index in [-0.39, 0.29) is 5.91 Å². The van der Waals surface area contributed by atoms with Crippen molar-refractivity contribution >= 4 is 28.4 Å². The number of rotatable bonds is 3. The van der Waals surface area contributed by atoms with Crippen molar-refractivity contribution in [1.82, 2.24) is 24.8 Å². The van der Waals surface area contributed by atoms with Crippen LogP contribution in [0.2, 0.25) is 0 Å². The highest BCUT2D eigenvalue weighted by Gasteiger charge is 2.46. The van der Waals surface area contributed by atoms with Crippen LogP contribution in [-0.2, 0) is 10.4 Å². The predicted molar refractivity (Wildman–Crippen MR) is 111 cm³/mol. The lowest BCUT2D eigenvalue weighted by atomic mass is 9.87. The number of nitrogens with one attached hydrogen (secondary N) is 1. The molecule has 3 aromatic heterocycles. The summed E-state index contributed by atoms with van der Waals surface area (Å²) in [6.07, 6.45) is 5.57. The second kappa shape index (κ2) is 6.47. The van der Waals surface area contributed by atoms with Gasteiger partial charge in [0.2, 0.25) is 0 Å². The molecular formula is C21H19N5O2S. The fourth-order valence-electron chi connectivity index (χ4n) is 3.87. The zero-order chi connectivity index (χ0) is 20.2. The lowest BCUT2D eigenvalue weighted by molar-refractivity contribution is -0.143. The normalized spacial score (nSPS) is 19.4. The van der Waals surface area contributed by atoms with E-state index < -0.39 is 5.60 Å². The number of hydrogen-bond donors (Lipinski definition) is 2. The molecule has 8 heteroatoms. The van der Waals surface area contributed by atoms with Crippen molar-refractivity contribution in [2.24, 2.45) is 0 Å². The molecule has 1 aliphatic heterocycles. The average Bonchev–Trinajstić information content (AvgIpc) is 3.43. The molecule has 4 heterocycles. The number of aromatic nitrogens is 4. The molecule has 1 amide bonds. The summed E-state index contributed by atoms with van der Waals surface area (Å²) < 4.78 is 0. The number of hydrogen-bond acceptors (Lipinski definition) is 6. The van der Waals surface area contributed by atoms with Gasteiger partial charge in [-0.25, -0.2) is 9.97 Å². The van der Waals surface area contributed by atoms with Gasteiger partial charge in [0.1, 0.15) is 10.5 Å². The number of H-pyrrole nitrogens is 1. The van der Waals surface area contributed by atoms with Crippen molar-refractivity contribution in [1.29, 1.82) is 0 Å². The Kier molecular flexibility index (Phi) is 4.01. The first-order valence-corrected chi connectivity index (χ1v) is 10.2. The highest BCUT2D eigenvalue weighted by atomic mass is 32.1. The molecule has 1 aliphatic rings. The Balaban J connectivity index is 1.56. The van der Waals surface area contributed by atoms with E-state index in [4.69, 9.17) is 4.98 Å². The van der Waals surface area contributed by atoms with E-state index in [0.29, 0.717) is 18.5 Å². The van der Waals surface area contributed by atoms with Crippen LogP contribution < -0.4 is 0 Å². The monoisotopic (exact) mass is 405 g/mol. The lowest BCUT2D eigenvalue weighted by Crippen LogP contribution is -2.36. The minimum Gasteiger partial charge on any atom is -0.375 e. The van der Waals surface area contributed by atoms with E-state index in [1.54, 1.807) is 24.3 Å². The Bertz CT molecular complexity index is 1250. The number of aliphatic hydroxyl groups is 1. The quantitative estimate of drug-likeness (QED) is 0.546. The molecular weight excluding hydrogens is 386 g/mol. The topological polar surface area (TPSA) is 95.0 Å². The number of carbonyl (C=O) groups is 1. The molecule has 7 nitrogen and oxygen atoms in total. The lowest BCUT2D eigenvalue weighted by Gasteiger charge is -2.23. The predicted octanol–water partition coefficient (Wildman–Crippen LogP) is 3.11. The van der Waals surface area contributed by atoms with Gasteiger partial charge in [0.15, 0.2) is 11.2 Å². The number of aryl methyl sites for hydroxylation is 1. The van der Waals surface area contributed by atoms with Crippen LogP contribution in [-0.4, -0.2) is 49.4 Å². The van der Waals surface area contributed by atoms with Crippen molar-refractivity contribution < 1.29 is 9.90 Å². The minimum absolute atomic E-state index is 0.255. The maximum Gasteiger partial charge on any atom is 0.259 e. The second-order valence-electron chi connectivity index (χ2n) is 7.36. The van der Waals surface area contributed by atoms with E-state index in [0.717, 1.165) is 38.6 Å². The van der Waals surface area contributed by atoms with Crippen molar-refractivity contribution in [2.45, 2.75) is 18.9 Å². The molecule has 146 valence electrons. The van der Waals surface area contributed by atoms with Crippen LogP contribution >= 0.6 is 11.3 Å². The summed E-state index contributed by atoms with van der Waals surface area (Å²) in [7, 11) is 1.72. The van der Waals surface area contributed by atoms with Gasteiger partial charge in [0, 0.05) is 49.5 Å². The number of thiazole rings is 1. The van der Waals surface area contributed by atoms with Gasteiger partial charge in [0.25, 0.3) is 5.91 Å². The molecule has 1 saturated heterocycles. The second-order valence-corrected chi connectivity index (χ2v) is 8.22. The number of likely N-dealkylation sites (N-methyl/N-ethyl adjacent to an activating group) is 1. The number of aromatic amines is 1. The number of carbonyl (C=O) groups excluding carboxylic acids is 1. The zero-order valence-corrected chi connectivity index (χ0v) is 16.8. The Morgan fingerprint density at radius 3 is 2.90 bits per heavy atom. The van der Waals surface area contributed by atoms with Gasteiger partial charge in [-0.2, -0.15) is 0 Å². The van der Waals surface area contributed by atoms with Crippen molar-refractivity contribution in [3.05, 3.63) is 53.3 Å². The number of fused-ring (bicyclic) bond motifs is 1. The van der Waals surface area contributed by atoms with E-state index in [1.165, 1.54) is 11.3 Å². The Labute approximate surface area is 171 Å². The first kappa shape index (κ1) is 18.0. The van der Waals surface area contributed by atoms with E-state index >= 15 is 0 Å². The zero-order valence-electron chi connectivity index (χ0n) is 16.0. The summed E-state index contributed by atoms with van der Waals surface area (Å²) >= 11 is 1.52. The fourth-order valence-corrected chi connectivity index (χ4v) is 4.72. The van der Waals surface area contributed by atoms with Gasteiger partial charge in [-0.1, -0.05) is 12.1 Å². The third-order valence-electron chi connectivity index (χ3n) is 5.53. The van der Waals surface area contributed by atoms with Gasteiger partial charge in [-0.15, -0.1) is 11.3 Å². The van der Waals surface area contributed by atoms with E-state index in [9.17, 15) is 9.90 Å². The van der Waals surface area contributed by atoms with E-state index in [2.05, 4.69) is 15.0 Å². The van der Waals surface area contributed by atoms with Gasteiger partial charge in [0.05, 0.1) is 11.3 Å². The molecule has 29 heavy (non-hydrogen) atoms. The molecule has 4 aromatic rings. The van der Waals surface area contributed by atoms with Crippen LogP contribution in [0.15, 0.2) is 42.2 Å². The summed E-state index contributed by atoms with van der Waals surface area (Å²) in [5.74, 6) is -0.255. The average molecular weight is 405 g/mol. The van der Waals surface area contributed by atoms with Crippen LogP contribution in [0.1, 0.15) is 17.5 Å². The van der Waals surface area contributed by atoms with Crippen molar-refractivity contribution in [3.63, 3.8) is 0 Å². The molecule has 2 N–H and O–H groups in total. The molecule has 0 aliphatic carbocycles. The fraction of sp³-hybridized carbons (Fsp3) is 0.238. The van der Waals surface area contributed by atoms with Gasteiger partial charge in [-0.3, -0.25) is 9.78 Å². The number of amides is 1. The van der Waals surface area contributed by atoms with Crippen molar-refractivity contribution in [2.75, 3.05) is 13.6 Å². The maximum absolute atomic E-state index is 12.6. The van der Waals surface area contributed by atoms with Gasteiger partial charge >= 0.3 is 0 Å². The van der Waals surface area contributed by atoms with Crippen LogP contribution in [0.5, 0.6) is 0 Å². The molecule has 0 saturated carbocycles. The molecule has 0 spiro atoms. The Morgan fingerprint density at radius 1 is 1.28 bits per heavy atom. The minimum atomic E-state index is -1.47. The molecule has 1 fully saturated rings. The van der Waals surface area contributed by atoms with Crippen LogP contribution in [0, 0.1) is 6.92 Å². The Morgan fingerprint density at radius 2 is 2.10 bits per heavy atom. The summed E-state index contributed by atoms with van der Waals surface area (Å²) in [6.45, 7) is 2.46. The summed E-state index contributed by atoms with van der Waals surface area (Å²) in [5.41, 5.74) is 4.15. The first-order chi connectivity index (χ1) is 14.0. The summed E-state index contributed by atoms with van der Waals surface area (Å²) in [5, 5.41) is 13.9. The third-order valence-corrected chi connectivity index (χ3v) is 6.41. The van der Waals surface area contributed by atoms with Crippen LogP contribution in [0.25, 0.3) is 33.0 Å². The summed E-state index contributed by atoms with van der Waals surface area (Å²) in [4.78, 5) is 30.7. The third kappa shape index (κ3) is 2.75. The molecule has 0 bridgehead atoms. The summed E-state index contributed by atoms with van der Waals surface area (Å²) in [6, 6.07) is 5.80. The molecule has 5 rings (SSSR count).